The zero-order chi connectivity index (χ0) is 2.71. The van der Waals surface area contributed by atoms with Crippen LogP contribution in [-0.4, -0.2) is 53.4 Å². The van der Waals surface area contributed by atoms with Crippen molar-refractivity contribution in [1.82, 2.24) is 0 Å². The first-order valence-electron chi connectivity index (χ1n) is 0.378. The first kappa shape index (κ1) is 10.6. The molecule has 0 saturated heterocycles. The van der Waals surface area contributed by atoms with Gasteiger partial charge in [-0.05, 0) is 0 Å². The normalized spacial score (nSPS) is 4.50. The van der Waals surface area contributed by atoms with Crippen molar-refractivity contribution in [3.8, 4) is 0 Å². The Kier molecular flexibility index (Phi) is 26.0. The third-order valence-electron chi connectivity index (χ3n) is 0. The quantitative estimate of drug-likeness (QED) is 0.345. The second-order valence-corrected chi connectivity index (χ2v) is 28.2. The molecule has 0 bridgehead atoms. The van der Waals surface area contributed by atoms with Crippen LogP contribution in [0.15, 0.2) is 0 Å². The fourth-order valence-corrected chi connectivity index (χ4v) is 0. The van der Waals surface area contributed by atoms with Crippen LogP contribution in [0.5, 0.6) is 0 Å². The van der Waals surface area contributed by atoms with Gasteiger partial charge in [0.1, 0.15) is 0 Å². The molecule has 0 N–H and O–H groups in total. The van der Waals surface area contributed by atoms with E-state index in [1.165, 1.54) is 0 Å². The van der Waals surface area contributed by atoms with Crippen molar-refractivity contribution < 1.29 is 2.85 Å². The van der Waals surface area contributed by atoms with E-state index in [1.807, 2.05) is 0 Å². The van der Waals surface area contributed by atoms with Crippen LogP contribution >= 0.6 is 35.5 Å². The molecule has 0 aliphatic carbocycles. The molecule has 22 valence electrons. The molecule has 0 nitrogen and oxygen atoms in total. The molecule has 0 atom stereocenters. The summed E-state index contributed by atoms with van der Waals surface area (Å²) in [5.74, 6) is 0. The third-order valence-corrected chi connectivity index (χ3v) is 0. The zero-order valence-electron chi connectivity index (χ0n) is 3.96. The Hall–Kier alpha value is 3.64. The summed E-state index contributed by atoms with van der Waals surface area (Å²) in [6.45, 7) is 0. The first-order valence-corrected chi connectivity index (χ1v) is 22.2. The van der Waals surface area contributed by atoms with E-state index in [0.29, 0.717) is 0 Å². The standard InChI is InChI=1S/Ca.2HI.Pb.2H/h;2*1H;;;/q+2;;;+2;2*-1/p-2. The number of hydrogen-bond acceptors (Lipinski definition) is 0. The molecule has 0 amide bonds. The monoisotopic (exact) mass is 504 g/mol. The Morgan fingerprint density at radius 3 is 1.50 bits per heavy atom. The van der Waals surface area contributed by atoms with E-state index in [4.69, 9.17) is 0 Å². The summed E-state index contributed by atoms with van der Waals surface area (Å²) in [4.78, 5) is 0. The van der Waals surface area contributed by atoms with Gasteiger partial charge in [-0.1, -0.05) is 0 Å². The Balaban J connectivity index is -0.00000000667. The summed E-state index contributed by atoms with van der Waals surface area (Å²) >= 11 is 4.96. The van der Waals surface area contributed by atoms with Crippen molar-refractivity contribution in [3.63, 3.8) is 0 Å². The molecule has 0 aromatic heterocycles. The molecule has 0 saturated carbocycles. The van der Waals surface area contributed by atoms with E-state index in [2.05, 4.69) is 35.5 Å². The predicted molar refractivity (Wildman–Crippen MR) is 41.8 cm³/mol. The summed E-state index contributed by atoms with van der Waals surface area (Å²) in [6, 6.07) is 0. The molecule has 0 aliphatic heterocycles. The van der Waals surface area contributed by atoms with Gasteiger partial charge in [-0.25, -0.2) is 0 Å². The molecular formula is H2CaI2Pb. The van der Waals surface area contributed by atoms with E-state index < -0.39 is 0 Å². The van der Waals surface area contributed by atoms with Gasteiger partial charge in [0.05, 0.1) is 0 Å². The van der Waals surface area contributed by atoms with Crippen LogP contribution in [0.3, 0.4) is 0 Å². The zero-order valence-corrected chi connectivity index (χ0v) is 12.4. The Morgan fingerprint density at radius 1 is 1.50 bits per heavy atom. The summed E-state index contributed by atoms with van der Waals surface area (Å²) in [7, 11) is 0. The summed E-state index contributed by atoms with van der Waals surface area (Å²) in [6.07, 6.45) is 0. The van der Waals surface area contributed by atoms with Gasteiger partial charge in [-0.3, -0.25) is 0 Å². The van der Waals surface area contributed by atoms with E-state index in [1.54, 1.807) is 0 Å². The number of halogens is 2. The second kappa shape index (κ2) is 9.81. The molecule has 0 aromatic carbocycles. The van der Waals surface area contributed by atoms with E-state index in [-0.39, 0.29) is 56.2 Å². The molecule has 0 aliphatic rings. The van der Waals surface area contributed by atoms with Gasteiger partial charge in [0.2, 0.25) is 0 Å². The molecule has 0 fully saturated rings. The van der Waals surface area contributed by atoms with Gasteiger partial charge in [0.25, 0.3) is 0 Å². The maximum absolute atomic E-state index is 2.47. The van der Waals surface area contributed by atoms with Crippen molar-refractivity contribution in [1.29, 1.82) is 0 Å². The minimum atomic E-state index is 0. The van der Waals surface area contributed by atoms with Crippen molar-refractivity contribution in [2.75, 3.05) is 0 Å². The van der Waals surface area contributed by atoms with Gasteiger partial charge in [-0.2, -0.15) is 0 Å². The second-order valence-electron chi connectivity index (χ2n) is 0.0714. The Bertz CT molecular complexity index is 11.5. The minimum absolute atomic E-state index is 0. The van der Waals surface area contributed by atoms with Crippen LogP contribution in [-0.2, 0) is 0 Å². The molecule has 4 heavy (non-hydrogen) atoms. The molecule has 0 aromatic rings. The fourth-order valence-electron chi connectivity index (χ4n) is 0. The first-order chi connectivity index (χ1) is 1.41. The average molecular weight is 503 g/mol. The van der Waals surface area contributed by atoms with E-state index in [9.17, 15) is 0 Å². The van der Waals surface area contributed by atoms with Crippen molar-refractivity contribution in [2.45, 2.75) is 0 Å². The molecular weight excluding hydrogens is 501 g/mol. The van der Waals surface area contributed by atoms with Crippen LogP contribution in [0.1, 0.15) is 2.85 Å². The molecule has 0 unspecified atom stereocenters. The van der Waals surface area contributed by atoms with E-state index >= 15 is 0 Å². The molecule has 0 heterocycles. The summed E-state index contributed by atoms with van der Waals surface area (Å²) in [5, 5.41) is 0. The van der Waals surface area contributed by atoms with Gasteiger partial charge >= 0.3 is 88.9 Å². The summed E-state index contributed by atoms with van der Waals surface area (Å²) in [5.41, 5.74) is 0. The third kappa shape index (κ3) is 9.17. The molecule has 2 radical (unpaired) electrons. The van der Waals surface area contributed by atoms with Gasteiger partial charge in [0.15, 0.2) is 0 Å². The van der Waals surface area contributed by atoms with Crippen LogP contribution in [0.25, 0.3) is 0 Å². The molecule has 0 spiro atoms. The van der Waals surface area contributed by atoms with Crippen molar-refractivity contribution in [3.05, 3.63) is 0 Å². The van der Waals surface area contributed by atoms with Crippen molar-refractivity contribution >= 4 is 88.9 Å². The van der Waals surface area contributed by atoms with Crippen LogP contribution in [0.2, 0.25) is 0 Å². The van der Waals surface area contributed by atoms with Crippen LogP contribution in [0, 0.1) is 0 Å². The van der Waals surface area contributed by atoms with Gasteiger partial charge in [-0.15, -0.1) is 0 Å². The fraction of sp³-hybridized carbons (Fsp3) is 0. The topological polar surface area (TPSA) is 0 Å². The van der Waals surface area contributed by atoms with Crippen LogP contribution in [0.4, 0.5) is 0 Å². The predicted octanol–water partition coefficient (Wildman–Crippen LogP) is 1.23. The maximum atomic E-state index is 2.47. The Labute approximate surface area is 88.9 Å². The van der Waals surface area contributed by atoms with E-state index in [0.717, 1.165) is 0 Å². The number of rotatable bonds is 0. The van der Waals surface area contributed by atoms with Gasteiger partial charge < -0.3 is 2.85 Å². The SMILES string of the molecule is [Ca+2].[H-].[H-].[I][Pb][I]. The Morgan fingerprint density at radius 2 is 1.50 bits per heavy atom. The van der Waals surface area contributed by atoms with Gasteiger partial charge in [0, 0.05) is 0 Å². The van der Waals surface area contributed by atoms with Crippen LogP contribution < -0.4 is 0 Å². The summed E-state index contributed by atoms with van der Waals surface area (Å²) < 4.78 is 0. The van der Waals surface area contributed by atoms with Crippen molar-refractivity contribution in [2.24, 2.45) is 0 Å². The average Bonchev–Trinajstić information content (AvgIpc) is 0.918. The number of hydrogen-bond donors (Lipinski definition) is 0. The molecule has 4 heteroatoms. The molecule has 0 rings (SSSR count).